The summed E-state index contributed by atoms with van der Waals surface area (Å²) in [6.45, 7) is 0.672. The van der Waals surface area contributed by atoms with E-state index in [0.29, 0.717) is 30.2 Å². The maximum absolute atomic E-state index is 11.9. The van der Waals surface area contributed by atoms with Crippen LogP contribution in [0.2, 0.25) is 0 Å². The Hall–Kier alpha value is -3.04. The number of methoxy groups -OCH3 is 1. The minimum absolute atomic E-state index is 0.0116. The standard InChI is InChI=1S/C19H21N4O9/c1-20-4-3-10-5-16-18(32-9-31-16)19(30-2)17(10)15(20)8-12-13(22(26)27)6-11(21(24)25)7-14(12)23(28)29/h5-7,15,26-28H,3-4,8-9H2,1-2H3/q-3/t15-/m0/s1. The van der Waals surface area contributed by atoms with Gasteiger partial charge in [-0.3, -0.25) is 20.5 Å². The number of hydrogen-bond acceptors (Lipinski definition) is 13. The second-order valence-corrected chi connectivity index (χ2v) is 7.45. The Kier molecular flexibility index (Phi) is 5.87. The molecule has 174 valence electrons. The lowest BCUT2D eigenvalue weighted by Crippen LogP contribution is -2.34. The van der Waals surface area contributed by atoms with Gasteiger partial charge in [-0.25, -0.2) is 0 Å². The molecule has 13 heteroatoms. The van der Waals surface area contributed by atoms with Gasteiger partial charge in [-0.05, 0) is 43.7 Å². The molecule has 13 nitrogen and oxygen atoms in total. The summed E-state index contributed by atoms with van der Waals surface area (Å²) < 4.78 is 16.7. The maximum Gasteiger partial charge on any atom is 0.231 e. The highest BCUT2D eigenvalue weighted by Crippen LogP contribution is 2.50. The van der Waals surface area contributed by atoms with Gasteiger partial charge in [-0.1, -0.05) is 0 Å². The van der Waals surface area contributed by atoms with E-state index in [1.807, 2.05) is 18.0 Å². The first kappa shape index (κ1) is 22.2. The average Bonchev–Trinajstić information content (AvgIpc) is 3.21. The fourth-order valence-electron chi connectivity index (χ4n) is 4.27. The topological polar surface area (TPSA) is 171 Å². The summed E-state index contributed by atoms with van der Waals surface area (Å²) in [4.78, 5) is 1.97. The van der Waals surface area contributed by atoms with Crippen molar-refractivity contribution >= 4 is 17.1 Å². The first-order chi connectivity index (χ1) is 15.2. The summed E-state index contributed by atoms with van der Waals surface area (Å²) in [5.41, 5.74) is 0.167. The lowest BCUT2D eigenvalue weighted by Gasteiger charge is -2.40. The molecule has 0 bridgehead atoms. The Bertz CT molecular complexity index is 986. The molecule has 0 aliphatic carbocycles. The highest BCUT2D eigenvalue weighted by molar-refractivity contribution is 5.75. The van der Waals surface area contributed by atoms with Crippen LogP contribution in [0, 0.1) is 15.6 Å². The van der Waals surface area contributed by atoms with Crippen LogP contribution in [0.4, 0.5) is 17.1 Å². The largest absolute Gasteiger partial charge is 0.769 e. The third kappa shape index (κ3) is 3.71. The van der Waals surface area contributed by atoms with Gasteiger partial charge in [0, 0.05) is 29.4 Å². The molecule has 2 aliphatic rings. The molecule has 32 heavy (non-hydrogen) atoms. The number of nitrogens with zero attached hydrogens (tertiary/aromatic N) is 4. The quantitative estimate of drug-likeness (QED) is 0.549. The Morgan fingerprint density at radius 3 is 2.47 bits per heavy atom. The van der Waals surface area contributed by atoms with E-state index in [9.17, 15) is 31.2 Å². The summed E-state index contributed by atoms with van der Waals surface area (Å²) >= 11 is 0. The number of rotatable bonds is 6. The van der Waals surface area contributed by atoms with Crippen molar-refractivity contribution in [2.24, 2.45) is 0 Å². The summed E-state index contributed by atoms with van der Waals surface area (Å²) in [5, 5.41) is 61.7. The van der Waals surface area contributed by atoms with Gasteiger partial charge in [0.2, 0.25) is 12.5 Å². The van der Waals surface area contributed by atoms with Crippen LogP contribution in [0.3, 0.4) is 0 Å². The molecule has 0 spiro atoms. The molecule has 3 N–H and O–H groups in total. The highest BCUT2D eigenvalue weighted by atomic mass is 16.8. The molecule has 2 aromatic carbocycles. The lowest BCUT2D eigenvalue weighted by molar-refractivity contribution is 0.0285. The van der Waals surface area contributed by atoms with Crippen molar-refractivity contribution < 1.29 is 29.8 Å². The zero-order valence-corrected chi connectivity index (χ0v) is 17.2. The van der Waals surface area contributed by atoms with Gasteiger partial charge in [0.15, 0.2) is 11.5 Å². The van der Waals surface area contributed by atoms with Crippen LogP contribution >= 0.6 is 0 Å². The smallest absolute Gasteiger partial charge is 0.231 e. The third-order valence-corrected chi connectivity index (χ3v) is 5.76. The van der Waals surface area contributed by atoms with E-state index in [1.165, 1.54) is 7.11 Å². The fourth-order valence-corrected chi connectivity index (χ4v) is 4.27. The Morgan fingerprint density at radius 1 is 1.12 bits per heavy atom. The molecule has 0 fully saturated rings. The van der Waals surface area contributed by atoms with Crippen molar-refractivity contribution in [3.63, 3.8) is 0 Å². The second kappa shape index (κ2) is 8.48. The van der Waals surface area contributed by atoms with E-state index < -0.39 is 33.6 Å². The predicted molar refractivity (Wildman–Crippen MR) is 111 cm³/mol. The van der Waals surface area contributed by atoms with Crippen LogP contribution in [-0.4, -0.2) is 48.0 Å². The van der Waals surface area contributed by atoms with Crippen molar-refractivity contribution in [1.82, 2.24) is 4.90 Å². The van der Waals surface area contributed by atoms with E-state index in [1.54, 1.807) is 0 Å². The number of fused-ring (bicyclic) bond motifs is 2. The highest BCUT2D eigenvalue weighted by Gasteiger charge is 2.35. The van der Waals surface area contributed by atoms with E-state index >= 15 is 0 Å². The zero-order chi connectivity index (χ0) is 23.2. The first-order valence-electron chi connectivity index (χ1n) is 9.57. The molecule has 0 saturated carbocycles. The minimum Gasteiger partial charge on any atom is -0.769 e. The molecular formula is C19H21N4O9-3. The van der Waals surface area contributed by atoms with Crippen molar-refractivity contribution in [1.29, 1.82) is 0 Å². The van der Waals surface area contributed by atoms with Gasteiger partial charge in [-0.15, -0.1) is 5.23 Å². The molecule has 2 aromatic rings. The van der Waals surface area contributed by atoms with Crippen LogP contribution in [0.25, 0.3) is 0 Å². The summed E-state index contributed by atoms with van der Waals surface area (Å²) in [5.74, 6) is 1.44. The lowest BCUT2D eigenvalue weighted by atomic mass is 9.86. The van der Waals surface area contributed by atoms with Gasteiger partial charge in [0.05, 0.1) is 12.8 Å². The van der Waals surface area contributed by atoms with Crippen molar-refractivity contribution in [2.45, 2.75) is 18.9 Å². The van der Waals surface area contributed by atoms with Crippen LogP contribution in [0.5, 0.6) is 17.2 Å². The molecule has 0 aromatic heterocycles. The number of hydrogen-bond donors (Lipinski definition) is 3. The van der Waals surface area contributed by atoms with Gasteiger partial charge in [0.1, 0.15) is 5.69 Å². The van der Waals surface area contributed by atoms with E-state index in [2.05, 4.69) is 0 Å². The van der Waals surface area contributed by atoms with E-state index in [-0.39, 0.29) is 24.0 Å². The monoisotopic (exact) mass is 449 g/mol. The molecular weight excluding hydrogens is 428 g/mol. The number of likely N-dealkylation sites (N-methyl/N-ethyl adjacent to an activating group) is 1. The molecule has 0 amide bonds. The third-order valence-electron chi connectivity index (χ3n) is 5.76. The van der Waals surface area contributed by atoms with Crippen LogP contribution in [0.1, 0.15) is 22.7 Å². The Balaban J connectivity index is 1.87. The van der Waals surface area contributed by atoms with Gasteiger partial charge < -0.3 is 40.3 Å². The minimum atomic E-state index is -0.810. The normalized spacial score (nSPS) is 17.2. The summed E-state index contributed by atoms with van der Waals surface area (Å²) in [6.07, 6.45) is 0.661. The number of ether oxygens (including phenoxy) is 3. The average molecular weight is 449 g/mol. The first-order valence-corrected chi connectivity index (χ1v) is 9.57. The van der Waals surface area contributed by atoms with Crippen molar-refractivity contribution in [3.05, 3.63) is 50.5 Å². The van der Waals surface area contributed by atoms with E-state index in [4.69, 9.17) is 14.2 Å². The molecule has 2 aliphatic heterocycles. The Labute approximate surface area is 182 Å². The van der Waals surface area contributed by atoms with Crippen LogP contribution in [0.15, 0.2) is 18.2 Å². The predicted octanol–water partition coefficient (Wildman–Crippen LogP) is 2.28. The van der Waals surface area contributed by atoms with Crippen molar-refractivity contribution in [2.75, 3.05) is 43.2 Å². The maximum atomic E-state index is 11.9. The summed E-state index contributed by atoms with van der Waals surface area (Å²) in [7, 11) is 3.33. The molecule has 0 saturated heterocycles. The molecule has 1 atom stereocenters. The molecule has 4 rings (SSSR count). The Morgan fingerprint density at radius 2 is 1.84 bits per heavy atom. The molecule has 0 unspecified atom stereocenters. The van der Waals surface area contributed by atoms with Gasteiger partial charge >= 0.3 is 0 Å². The van der Waals surface area contributed by atoms with E-state index in [0.717, 1.165) is 23.3 Å². The molecule has 0 radical (unpaired) electrons. The SMILES string of the molecule is COc1c2c(cc3c1[C@H](Cc1c(N([O-])O)cc(N([O-])[O-])cc1N(O)O)N(C)CC3)OCO2. The van der Waals surface area contributed by atoms with Crippen molar-refractivity contribution in [3.8, 4) is 17.2 Å². The fraction of sp³-hybridized carbons (Fsp3) is 0.368. The molecule has 2 heterocycles. The summed E-state index contributed by atoms with van der Waals surface area (Å²) in [6, 6.07) is 3.18. The van der Waals surface area contributed by atoms with Crippen LogP contribution in [-0.2, 0) is 12.8 Å². The second-order valence-electron chi connectivity index (χ2n) is 7.45. The van der Waals surface area contributed by atoms with Gasteiger partial charge in [-0.2, -0.15) is 0 Å². The zero-order valence-electron chi connectivity index (χ0n) is 17.2. The van der Waals surface area contributed by atoms with Crippen LogP contribution < -0.4 is 29.9 Å². The number of anilines is 3. The van der Waals surface area contributed by atoms with Gasteiger partial charge in [0.25, 0.3) is 0 Å². The number of benzene rings is 2.